The zero-order chi connectivity index (χ0) is 19.8. The van der Waals surface area contributed by atoms with Gasteiger partial charge in [0.25, 0.3) is 0 Å². The van der Waals surface area contributed by atoms with Crippen molar-refractivity contribution in [2.75, 3.05) is 12.3 Å². The fourth-order valence-corrected chi connectivity index (χ4v) is 2.17. The van der Waals surface area contributed by atoms with E-state index >= 15 is 0 Å². The van der Waals surface area contributed by atoms with Gasteiger partial charge in [0.05, 0.1) is 35.8 Å². The molecular weight excluding hydrogens is 346 g/mol. The number of allylic oxidation sites excluding steroid dienone is 1. The van der Waals surface area contributed by atoms with Crippen molar-refractivity contribution < 1.29 is 14.3 Å². The van der Waals surface area contributed by atoms with Gasteiger partial charge in [-0.2, -0.15) is 0 Å². The highest BCUT2D eigenvalue weighted by atomic mass is 16.5. The van der Waals surface area contributed by atoms with Crippen LogP contribution in [0.15, 0.2) is 24.5 Å². The summed E-state index contributed by atoms with van der Waals surface area (Å²) in [5, 5.41) is 0. The molecule has 3 rings (SSSR count). The fraction of sp³-hybridized carbons (Fsp3) is 0.263. The molecule has 0 amide bonds. The summed E-state index contributed by atoms with van der Waals surface area (Å²) in [6.07, 6.45) is 9.71. The molecule has 140 valence electrons. The van der Waals surface area contributed by atoms with Gasteiger partial charge in [-0.1, -0.05) is 0 Å². The molecule has 8 nitrogen and oxygen atoms in total. The van der Waals surface area contributed by atoms with Gasteiger partial charge < -0.3 is 10.5 Å². The summed E-state index contributed by atoms with van der Waals surface area (Å²) in [4.78, 5) is 38.4. The van der Waals surface area contributed by atoms with Gasteiger partial charge in [-0.3, -0.25) is 19.7 Å². The maximum Gasteiger partial charge on any atom is 0.330 e. The van der Waals surface area contributed by atoms with Crippen molar-refractivity contribution in [3.8, 4) is 0 Å². The molecule has 0 atom stereocenters. The highest BCUT2D eigenvalue weighted by Crippen LogP contribution is 2.12. The van der Waals surface area contributed by atoms with Crippen molar-refractivity contribution >= 4 is 29.7 Å². The Morgan fingerprint density at radius 2 is 1.89 bits per heavy atom. The van der Waals surface area contributed by atoms with E-state index in [1.54, 1.807) is 38.4 Å². The molecular formula is C19H21N5O3. The average molecular weight is 367 g/mol. The second-order valence-electron chi connectivity index (χ2n) is 5.69. The second-order valence-corrected chi connectivity index (χ2v) is 5.69. The second kappa shape index (κ2) is 9.33. The fourth-order valence-electron chi connectivity index (χ4n) is 2.17. The van der Waals surface area contributed by atoms with Crippen molar-refractivity contribution in [3.05, 3.63) is 53.0 Å². The monoisotopic (exact) mass is 367 g/mol. The first kappa shape index (κ1) is 19.9. The zero-order valence-electron chi connectivity index (χ0n) is 15.5. The number of ketones is 1. The van der Waals surface area contributed by atoms with E-state index in [1.165, 1.54) is 12.2 Å². The molecule has 0 fully saturated rings. The normalized spacial score (nSPS) is 12.3. The molecule has 2 heterocycles. The quantitative estimate of drug-likeness (QED) is 0.644. The van der Waals surface area contributed by atoms with Crippen molar-refractivity contribution in [1.82, 2.24) is 19.9 Å². The van der Waals surface area contributed by atoms with Crippen LogP contribution in [0, 0.1) is 13.8 Å². The molecule has 27 heavy (non-hydrogen) atoms. The molecule has 0 saturated heterocycles. The Bertz CT molecular complexity index is 906. The number of anilines is 1. The summed E-state index contributed by atoms with van der Waals surface area (Å²) in [6, 6.07) is 0. The van der Waals surface area contributed by atoms with Gasteiger partial charge in [-0.25, -0.2) is 9.78 Å². The summed E-state index contributed by atoms with van der Waals surface area (Å²) in [5.74, 6) is -0.0165. The Labute approximate surface area is 157 Å². The minimum absolute atomic E-state index is 0.0994. The Morgan fingerprint density at radius 1 is 1.19 bits per heavy atom. The van der Waals surface area contributed by atoms with Crippen LogP contribution < -0.4 is 5.73 Å². The van der Waals surface area contributed by atoms with Crippen LogP contribution >= 0.6 is 0 Å². The van der Waals surface area contributed by atoms with E-state index in [-0.39, 0.29) is 5.78 Å². The molecule has 1 aliphatic carbocycles. The third-order valence-corrected chi connectivity index (χ3v) is 3.38. The summed E-state index contributed by atoms with van der Waals surface area (Å²) in [5.41, 5.74) is 9.28. The number of fused-ring (bicyclic) bond motifs is 1. The molecule has 8 heteroatoms. The lowest BCUT2D eigenvalue weighted by Crippen LogP contribution is -2.09. The number of nitrogen functional groups attached to an aromatic ring is 1. The number of esters is 1. The van der Waals surface area contributed by atoms with Gasteiger partial charge in [-0.15, -0.1) is 0 Å². The van der Waals surface area contributed by atoms with Crippen molar-refractivity contribution in [3.63, 3.8) is 0 Å². The van der Waals surface area contributed by atoms with Crippen LogP contribution in [0.5, 0.6) is 0 Å². The van der Waals surface area contributed by atoms with E-state index in [1.807, 2.05) is 6.92 Å². The lowest BCUT2D eigenvalue weighted by molar-refractivity contribution is -0.137. The highest BCUT2D eigenvalue weighted by Gasteiger charge is 2.12. The topological polar surface area (TPSA) is 121 Å². The maximum atomic E-state index is 11.0. The van der Waals surface area contributed by atoms with Crippen LogP contribution in [-0.4, -0.2) is 38.3 Å². The first-order valence-electron chi connectivity index (χ1n) is 8.36. The van der Waals surface area contributed by atoms with E-state index in [4.69, 9.17) is 10.5 Å². The van der Waals surface area contributed by atoms with Crippen LogP contribution in [0.3, 0.4) is 0 Å². The lowest BCUT2D eigenvalue weighted by atomic mass is 10.1. The molecule has 0 aromatic carbocycles. The van der Waals surface area contributed by atoms with E-state index in [0.717, 1.165) is 22.8 Å². The Kier molecular flexibility index (Phi) is 6.87. The molecule has 0 bridgehead atoms. The van der Waals surface area contributed by atoms with Crippen LogP contribution in [0.1, 0.15) is 35.4 Å². The molecule has 2 aromatic heterocycles. The van der Waals surface area contributed by atoms with E-state index in [2.05, 4.69) is 19.9 Å². The van der Waals surface area contributed by atoms with E-state index in [0.29, 0.717) is 24.5 Å². The lowest BCUT2D eigenvalue weighted by Gasteiger charge is -2.06. The van der Waals surface area contributed by atoms with Crippen molar-refractivity contribution in [1.29, 1.82) is 0 Å². The van der Waals surface area contributed by atoms with Gasteiger partial charge in [0.1, 0.15) is 11.5 Å². The van der Waals surface area contributed by atoms with Gasteiger partial charge in [-0.05, 0) is 39.0 Å². The standard InChI is InChI=1S/C10H13N3O2.C9H8N2O/c1-3-15-9(14)5-4-8-10(11)13-7(2)6-12-8;1-6-5-10-8-3-2-7(12)4-9(8)11-6/h4-6H,3H2,1-2H3,(H2,11,13);2-3,5H,4H2,1H3/b5-4+;. The predicted molar refractivity (Wildman–Crippen MR) is 101 cm³/mol. The number of rotatable bonds is 3. The first-order valence-corrected chi connectivity index (χ1v) is 8.36. The summed E-state index contributed by atoms with van der Waals surface area (Å²) < 4.78 is 4.71. The molecule has 2 aromatic rings. The van der Waals surface area contributed by atoms with Gasteiger partial charge in [0.15, 0.2) is 5.78 Å². The SMILES string of the molecule is CCOC(=O)/C=C/c1ncc(C)nc1N.Cc1cnc2c(n1)CC(=O)C=C2. The number of nitrogens with two attached hydrogens (primary N) is 1. The van der Waals surface area contributed by atoms with Gasteiger partial charge in [0.2, 0.25) is 0 Å². The summed E-state index contributed by atoms with van der Waals surface area (Å²) in [6.45, 7) is 5.75. The summed E-state index contributed by atoms with van der Waals surface area (Å²) >= 11 is 0. The van der Waals surface area contributed by atoms with E-state index in [9.17, 15) is 9.59 Å². The number of hydrogen-bond donors (Lipinski definition) is 1. The zero-order valence-corrected chi connectivity index (χ0v) is 15.5. The largest absolute Gasteiger partial charge is 0.463 e. The van der Waals surface area contributed by atoms with Gasteiger partial charge in [0, 0.05) is 18.5 Å². The van der Waals surface area contributed by atoms with Crippen LogP contribution in [0.2, 0.25) is 0 Å². The van der Waals surface area contributed by atoms with E-state index < -0.39 is 5.97 Å². The number of carbonyl (C=O) groups excluding carboxylic acids is 2. The third kappa shape index (κ3) is 6.10. The number of aryl methyl sites for hydroxylation is 2. The molecule has 2 N–H and O–H groups in total. The highest BCUT2D eigenvalue weighted by molar-refractivity contribution is 5.97. The van der Waals surface area contributed by atoms with Crippen LogP contribution in [0.25, 0.3) is 12.2 Å². The molecule has 0 saturated carbocycles. The molecule has 0 aliphatic heterocycles. The Balaban J connectivity index is 0.000000198. The average Bonchev–Trinajstić information content (AvgIpc) is 2.61. The molecule has 0 radical (unpaired) electrons. The smallest absolute Gasteiger partial charge is 0.330 e. The maximum absolute atomic E-state index is 11.0. The number of nitrogens with zero attached hydrogens (tertiary/aromatic N) is 4. The van der Waals surface area contributed by atoms with Crippen LogP contribution in [-0.2, 0) is 20.7 Å². The summed E-state index contributed by atoms with van der Waals surface area (Å²) in [7, 11) is 0. The first-order chi connectivity index (χ1) is 12.9. The molecule has 0 spiro atoms. The molecule has 0 unspecified atom stereocenters. The number of hydrogen-bond acceptors (Lipinski definition) is 8. The number of ether oxygens (including phenoxy) is 1. The van der Waals surface area contributed by atoms with Crippen LogP contribution in [0.4, 0.5) is 5.82 Å². The third-order valence-electron chi connectivity index (χ3n) is 3.38. The Morgan fingerprint density at radius 3 is 2.59 bits per heavy atom. The molecule has 1 aliphatic rings. The number of carbonyl (C=O) groups is 2. The predicted octanol–water partition coefficient (Wildman–Crippen LogP) is 1.87. The van der Waals surface area contributed by atoms with Crippen molar-refractivity contribution in [2.45, 2.75) is 27.2 Å². The minimum Gasteiger partial charge on any atom is -0.463 e. The van der Waals surface area contributed by atoms with Gasteiger partial charge >= 0.3 is 5.97 Å². The number of aromatic nitrogens is 4. The van der Waals surface area contributed by atoms with Crippen molar-refractivity contribution in [2.24, 2.45) is 0 Å². The Hall–Kier alpha value is -3.42. The minimum atomic E-state index is -0.417.